The highest BCUT2D eigenvalue weighted by molar-refractivity contribution is 6.25. The van der Waals surface area contributed by atoms with Crippen molar-refractivity contribution in [3.05, 3.63) is 303 Å². The van der Waals surface area contributed by atoms with Crippen molar-refractivity contribution in [2.75, 3.05) is 0 Å². The van der Waals surface area contributed by atoms with Crippen LogP contribution in [0.4, 0.5) is 0 Å². The van der Waals surface area contributed by atoms with Gasteiger partial charge in [-0.2, -0.15) is 0 Å². The second-order valence-corrected chi connectivity index (χ2v) is 23.0. The van der Waals surface area contributed by atoms with E-state index in [2.05, 4.69) is 303 Å². The summed E-state index contributed by atoms with van der Waals surface area (Å²) in [5.41, 5.74) is 19.5. The lowest BCUT2D eigenvalue weighted by atomic mass is 9.84. The van der Waals surface area contributed by atoms with Gasteiger partial charge in [-0.1, -0.05) is 243 Å². The quantitative estimate of drug-likeness (QED) is 0.149. The maximum Gasteiger partial charge on any atom is 0.143 e. The van der Waals surface area contributed by atoms with Crippen LogP contribution in [0, 0.1) is 0 Å². The van der Waals surface area contributed by atoms with Crippen molar-refractivity contribution in [1.82, 2.24) is 0 Å². The molecule has 16 aromatic carbocycles. The molecule has 0 bridgehead atoms. The van der Waals surface area contributed by atoms with Gasteiger partial charge in [-0.3, -0.25) is 0 Å². The van der Waals surface area contributed by atoms with Gasteiger partial charge in [0.05, 0.1) is 0 Å². The maximum absolute atomic E-state index is 7.03. The third kappa shape index (κ3) is 7.53. The molecule has 0 radical (unpaired) electrons. The number of para-hydroxylation sites is 1. The zero-order chi connectivity index (χ0) is 56.4. The molecular weight excluding hydrogens is 1040 g/mol. The lowest BCUT2D eigenvalue weighted by molar-refractivity contribution is 0.669. The van der Waals surface area contributed by atoms with Crippen molar-refractivity contribution in [3.63, 3.8) is 0 Å². The van der Waals surface area contributed by atoms with Gasteiger partial charge in [0.15, 0.2) is 0 Å². The standard InChI is InChI=1S/C84H50O2/c1-2-21-53(22-3-1)72-47-61(48-76-74-46-60(41-42-78(74)86-83(72)76)81-66-30-10-8-28-64(66)79(65-29-9-11-31-67(65)81)58-39-37-51-19-4-6-23-54(51)44-58)56-25-18-26-57(43-56)73-49-62(50-75-63-27-16-17-36-77(63)85-84(73)75)82-70-34-14-12-32-68(70)80(69-33-13-15-35-71(69)82)59-40-38-52-20-5-7-24-55(52)45-59/h1-50H. The molecule has 0 spiro atoms. The van der Waals surface area contributed by atoms with Crippen LogP contribution in [-0.4, -0.2) is 0 Å². The van der Waals surface area contributed by atoms with Gasteiger partial charge in [0.25, 0.3) is 0 Å². The Balaban J connectivity index is 0.832. The highest BCUT2D eigenvalue weighted by atomic mass is 16.3. The Kier molecular flexibility index (Phi) is 10.7. The molecule has 0 aliphatic heterocycles. The molecule has 0 unspecified atom stereocenters. The van der Waals surface area contributed by atoms with E-state index in [0.717, 1.165) is 88.4 Å². The van der Waals surface area contributed by atoms with Gasteiger partial charge in [-0.05, 0) is 192 Å². The van der Waals surface area contributed by atoms with Crippen molar-refractivity contribution < 1.29 is 8.83 Å². The minimum Gasteiger partial charge on any atom is -0.455 e. The Morgan fingerprint density at radius 2 is 0.523 bits per heavy atom. The lowest BCUT2D eigenvalue weighted by Gasteiger charge is -2.19. The topological polar surface area (TPSA) is 26.3 Å². The molecule has 0 amide bonds. The van der Waals surface area contributed by atoms with Crippen LogP contribution in [-0.2, 0) is 0 Å². The molecule has 0 fully saturated rings. The summed E-state index contributed by atoms with van der Waals surface area (Å²) < 4.78 is 14.0. The van der Waals surface area contributed by atoms with Gasteiger partial charge in [0.1, 0.15) is 22.3 Å². The van der Waals surface area contributed by atoms with Gasteiger partial charge in [0, 0.05) is 32.7 Å². The monoisotopic (exact) mass is 1090 g/mol. The Labute approximate surface area is 495 Å². The second kappa shape index (κ2) is 19.1. The number of benzene rings is 16. The molecule has 0 aliphatic carbocycles. The SMILES string of the molecule is c1ccc(-c2cc(-c3cccc(-c4cc(-c5c6ccccc6c(-c6ccc7ccccc7c6)c6ccccc56)cc5c4oc4ccccc45)c3)cc3c2oc2ccc(-c4c5ccccc5c(-c5ccc6ccccc6c5)c5ccccc45)cc23)cc1. The largest absolute Gasteiger partial charge is 0.455 e. The van der Waals surface area contributed by atoms with Crippen molar-refractivity contribution in [2.24, 2.45) is 0 Å². The molecule has 398 valence electrons. The molecule has 0 saturated heterocycles. The fourth-order valence-corrected chi connectivity index (χ4v) is 14.3. The predicted molar refractivity (Wildman–Crippen MR) is 364 cm³/mol. The number of furan rings is 2. The predicted octanol–water partition coefficient (Wildman–Crippen LogP) is 24.1. The fourth-order valence-electron chi connectivity index (χ4n) is 14.3. The van der Waals surface area contributed by atoms with Gasteiger partial charge >= 0.3 is 0 Å². The first-order chi connectivity index (χ1) is 42.6. The molecule has 18 aromatic rings. The van der Waals surface area contributed by atoms with Crippen molar-refractivity contribution in [2.45, 2.75) is 0 Å². The van der Waals surface area contributed by atoms with Gasteiger partial charge < -0.3 is 8.83 Å². The number of hydrogen-bond donors (Lipinski definition) is 0. The van der Waals surface area contributed by atoms with E-state index < -0.39 is 0 Å². The van der Waals surface area contributed by atoms with Crippen LogP contribution in [0.15, 0.2) is 312 Å². The Morgan fingerprint density at radius 3 is 1.07 bits per heavy atom. The van der Waals surface area contributed by atoms with E-state index >= 15 is 0 Å². The van der Waals surface area contributed by atoms with Crippen LogP contribution in [0.1, 0.15) is 0 Å². The minimum absolute atomic E-state index is 0.850. The summed E-state index contributed by atoms with van der Waals surface area (Å²) in [7, 11) is 0. The number of rotatable bonds is 7. The van der Waals surface area contributed by atoms with Crippen LogP contribution in [0.3, 0.4) is 0 Å². The third-order valence-corrected chi connectivity index (χ3v) is 18.2. The molecule has 0 saturated carbocycles. The lowest BCUT2D eigenvalue weighted by Crippen LogP contribution is -1.92. The van der Waals surface area contributed by atoms with Gasteiger partial charge in [0.2, 0.25) is 0 Å². The molecule has 0 aliphatic rings. The second-order valence-electron chi connectivity index (χ2n) is 23.0. The smallest absolute Gasteiger partial charge is 0.143 e. The molecule has 2 heteroatoms. The van der Waals surface area contributed by atoms with E-state index in [1.54, 1.807) is 0 Å². The third-order valence-electron chi connectivity index (χ3n) is 18.2. The summed E-state index contributed by atoms with van der Waals surface area (Å²) in [6.45, 7) is 0. The van der Waals surface area contributed by atoms with E-state index in [1.165, 1.54) is 98.0 Å². The first-order valence-corrected chi connectivity index (χ1v) is 29.6. The van der Waals surface area contributed by atoms with Crippen LogP contribution in [0.5, 0.6) is 0 Å². The summed E-state index contributed by atoms with van der Waals surface area (Å²) in [4.78, 5) is 0. The van der Waals surface area contributed by atoms with Crippen molar-refractivity contribution >= 4 is 109 Å². The molecule has 18 rings (SSSR count). The zero-order valence-electron chi connectivity index (χ0n) is 46.7. The highest BCUT2D eigenvalue weighted by Gasteiger charge is 2.24. The number of fused-ring (bicyclic) bond motifs is 12. The molecule has 86 heavy (non-hydrogen) atoms. The van der Waals surface area contributed by atoms with E-state index in [9.17, 15) is 0 Å². The molecule has 2 aromatic heterocycles. The average molecular weight is 1090 g/mol. The van der Waals surface area contributed by atoms with Gasteiger partial charge in [-0.25, -0.2) is 0 Å². The van der Waals surface area contributed by atoms with E-state index in [4.69, 9.17) is 8.83 Å². The van der Waals surface area contributed by atoms with Crippen molar-refractivity contribution in [1.29, 1.82) is 0 Å². The highest BCUT2D eigenvalue weighted by Crippen LogP contribution is 2.50. The molecule has 2 nitrogen and oxygen atoms in total. The summed E-state index contributed by atoms with van der Waals surface area (Å²) in [6.07, 6.45) is 0. The summed E-state index contributed by atoms with van der Waals surface area (Å²) in [5, 5.41) is 19.0. The zero-order valence-corrected chi connectivity index (χ0v) is 46.7. The van der Waals surface area contributed by atoms with Crippen LogP contribution >= 0.6 is 0 Å². The Hall–Kier alpha value is -11.3. The van der Waals surface area contributed by atoms with Crippen molar-refractivity contribution in [3.8, 4) is 77.9 Å². The Morgan fingerprint density at radius 1 is 0.163 bits per heavy atom. The summed E-state index contributed by atoms with van der Waals surface area (Å²) in [5.74, 6) is 0. The van der Waals surface area contributed by atoms with E-state index in [-0.39, 0.29) is 0 Å². The van der Waals surface area contributed by atoms with Crippen LogP contribution < -0.4 is 0 Å². The normalized spacial score (nSPS) is 12.0. The van der Waals surface area contributed by atoms with Gasteiger partial charge in [-0.15, -0.1) is 0 Å². The van der Waals surface area contributed by atoms with Crippen LogP contribution in [0.25, 0.3) is 186 Å². The maximum atomic E-state index is 7.03. The molecular formula is C84H50O2. The summed E-state index contributed by atoms with van der Waals surface area (Å²) >= 11 is 0. The molecule has 0 atom stereocenters. The van der Waals surface area contributed by atoms with E-state index in [1.807, 2.05) is 0 Å². The van der Waals surface area contributed by atoms with E-state index in [0.29, 0.717) is 0 Å². The molecule has 0 N–H and O–H groups in total. The first kappa shape index (κ1) is 48.2. The average Bonchev–Trinajstić information content (AvgIpc) is 1.55. The number of hydrogen-bond acceptors (Lipinski definition) is 2. The fraction of sp³-hybridized carbons (Fsp3) is 0. The Bertz CT molecular complexity index is 5720. The minimum atomic E-state index is 0.850. The first-order valence-electron chi connectivity index (χ1n) is 29.6. The van der Waals surface area contributed by atoms with Crippen LogP contribution in [0.2, 0.25) is 0 Å². The molecule has 2 heterocycles. The summed E-state index contributed by atoms with van der Waals surface area (Å²) in [6, 6.07) is 111.